The summed E-state index contributed by atoms with van der Waals surface area (Å²) in [5, 5.41) is 4.46. The van der Waals surface area contributed by atoms with Gasteiger partial charge in [0.15, 0.2) is 5.75 Å². The number of nitrogens with zero attached hydrogens (tertiary/aromatic N) is 2. The molecule has 0 unspecified atom stereocenters. The molecule has 5 nitrogen and oxygen atoms in total. The number of rotatable bonds is 4. The van der Waals surface area contributed by atoms with E-state index in [-0.39, 0.29) is 17.1 Å². The van der Waals surface area contributed by atoms with Crippen LogP contribution in [0.1, 0.15) is 17.0 Å². The third kappa shape index (κ3) is 3.85. The minimum Gasteiger partial charge on any atom is -0.453 e. The summed E-state index contributed by atoms with van der Waals surface area (Å²) in [5.41, 5.74) is -0.666. The van der Waals surface area contributed by atoms with Gasteiger partial charge in [-0.3, -0.25) is 0 Å². The van der Waals surface area contributed by atoms with Crippen LogP contribution in [-0.4, -0.2) is 17.6 Å². The Morgan fingerprint density at radius 1 is 1.07 bits per heavy atom. The Morgan fingerprint density at radius 2 is 1.71 bits per heavy atom. The van der Waals surface area contributed by atoms with Crippen molar-refractivity contribution in [3.63, 3.8) is 0 Å². The first-order valence-corrected chi connectivity index (χ1v) is 9.74. The van der Waals surface area contributed by atoms with Crippen molar-refractivity contribution in [1.29, 1.82) is 0 Å². The normalized spacial score (nSPS) is 12.2. The second kappa shape index (κ2) is 7.14. The zero-order valence-electron chi connectivity index (χ0n) is 14.7. The maximum atomic E-state index is 12.9. The van der Waals surface area contributed by atoms with Crippen LogP contribution in [0, 0.1) is 13.8 Å². The molecule has 0 aliphatic heterocycles. The molecule has 0 saturated carbocycles. The monoisotopic (exact) mass is 430 g/mol. The molecule has 0 radical (unpaired) electrons. The molecule has 0 fully saturated rings. The van der Waals surface area contributed by atoms with Crippen LogP contribution >= 0.6 is 11.6 Å². The summed E-state index contributed by atoms with van der Waals surface area (Å²) in [6.45, 7) is 2.99. The number of alkyl halides is 3. The highest BCUT2D eigenvalue weighted by atomic mass is 35.5. The van der Waals surface area contributed by atoms with Crippen molar-refractivity contribution in [2.45, 2.75) is 24.9 Å². The van der Waals surface area contributed by atoms with Gasteiger partial charge in [0.25, 0.3) is 10.0 Å². The zero-order valence-corrected chi connectivity index (χ0v) is 16.2. The number of benzene rings is 2. The summed E-state index contributed by atoms with van der Waals surface area (Å²) < 4.78 is 70.9. The summed E-state index contributed by atoms with van der Waals surface area (Å²) in [6.07, 6.45) is -4.66. The highest BCUT2D eigenvalue weighted by Gasteiger charge is 2.33. The Kier molecular flexibility index (Phi) is 5.16. The second-order valence-electron chi connectivity index (χ2n) is 5.93. The lowest BCUT2D eigenvalue weighted by Gasteiger charge is -2.11. The van der Waals surface area contributed by atoms with Gasteiger partial charge in [0.2, 0.25) is 0 Å². The highest BCUT2D eigenvalue weighted by molar-refractivity contribution is 7.89. The molecule has 0 bridgehead atoms. The Bertz CT molecular complexity index is 1120. The summed E-state index contributed by atoms with van der Waals surface area (Å²) in [7, 11) is -4.35. The van der Waals surface area contributed by atoms with Crippen molar-refractivity contribution < 1.29 is 26.3 Å². The second-order valence-corrected chi connectivity index (χ2v) is 8.13. The van der Waals surface area contributed by atoms with E-state index in [1.54, 1.807) is 24.3 Å². The van der Waals surface area contributed by atoms with Crippen molar-refractivity contribution in [3.05, 3.63) is 70.5 Å². The van der Waals surface area contributed by atoms with E-state index in [9.17, 15) is 21.6 Å². The van der Waals surface area contributed by atoms with Crippen molar-refractivity contribution >= 4 is 21.6 Å². The van der Waals surface area contributed by atoms with Crippen LogP contribution in [0.4, 0.5) is 13.2 Å². The number of aryl methyl sites for hydroxylation is 1. The lowest BCUT2D eigenvalue weighted by molar-refractivity contribution is -0.137. The molecule has 0 amide bonds. The molecule has 1 heterocycles. The van der Waals surface area contributed by atoms with Gasteiger partial charge in [0.05, 0.1) is 16.2 Å². The van der Waals surface area contributed by atoms with Gasteiger partial charge in [-0.1, -0.05) is 17.7 Å². The molecule has 3 aromatic rings. The quantitative estimate of drug-likeness (QED) is 0.570. The summed E-state index contributed by atoms with van der Waals surface area (Å²) in [5.74, 6) is 0.601. The van der Waals surface area contributed by atoms with Gasteiger partial charge in [-0.15, -0.1) is 0 Å². The Labute approximate surface area is 164 Å². The molecular formula is C18H14ClF3N2O3S. The van der Waals surface area contributed by atoms with E-state index in [1.807, 2.05) is 0 Å². The zero-order chi connectivity index (χ0) is 20.7. The molecule has 148 valence electrons. The molecule has 1 aromatic heterocycles. The third-order valence-electron chi connectivity index (χ3n) is 3.91. The number of hydrogen-bond donors (Lipinski definition) is 0. The first-order valence-electron chi connectivity index (χ1n) is 7.92. The predicted molar refractivity (Wildman–Crippen MR) is 97.3 cm³/mol. The summed E-state index contributed by atoms with van der Waals surface area (Å²) in [4.78, 5) is -0.522. The van der Waals surface area contributed by atoms with Crippen LogP contribution < -0.4 is 4.74 Å². The first kappa shape index (κ1) is 20.2. The molecule has 3 rings (SSSR count). The van der Waals surface area contributed by atoms with Crippen molar-refractivity contribution in [3.8, 4) is 11.5 Å². The lowest BCUT2D eigenvalue weighted by atomic mass is 10.2. The van der Waals surface area contributed by atoms with E-state index in [4.69, 9.17) is 16.3 Å². The van der Waals surface area contributed by atoms with Crippen molar-refractivity contribution in [2.75, 3.05) is 0 Å². The Morgan fingerprint density at radius 3 is 2.32 bits per heavy atom. The van der Waals surface area contributed by atoms with Crippen LogP contribution in [0.2, 0.25) is 5.02 Å². The Balaban J connectivity index is 2.03. The first-order chi connectivity index (χ1) is 13.0. The maximum absolute atomic E-state index is 12.9. The third-order valence-corrected chi connectivity index (χ3v) is 5.82. The van der Waals surface area contributed by atoms with Crippen molar-refractivity contribution in [1.82, 2.24) is 9.19 Å². The van der Waals surface area contributed by atoms with Gasteiger partial charge in [0.1, 0.15) is 11.4 Å². The van der Waals surface area contributed by atoms with Gasteiger partial charge < -0.3 is 4.74 Å². The van der Waals surface area contributed by atoms with Crippen LogP contribution in [-0.2, 0) is 16.2 Å². The summed E-state index contributed by atoms with van der Waals surface area (Å²) >= 11 is 5.82. The van der Waals surface area contributed by atoms with Gasteiger partial charge in [-0.05, 0) is 56.3 Å². The van der Waals surface area contributed by atoms with Gasteiger partial charge in [0, 0.05) is 5.02 Å². The van der Waals surface area contributed by atoms with E-state index >= 15 is 0 Å². The standard InChI is InChI=1S/C18H14ClF3N2O3S/c1-11-17(27-15-8-6-14(19)7-9-15)12(2)24(23-11)28(25,26)16-5-3-4-13(10-16)18(20,21)22/h3-10H,1-2H3. The largest absolute Gasteiger partial charge is 0.453 e. The van der Waals surface area contributed by atoms with Crippen LogP contribution in [0.5, 0.6) is 11.5 Å². The van der Waals surface area contributed by atoms with E-state index in [0.717, 1.165) is 18.2 Å². The topological polar surface area (TPSA) is 61.2 Å². The molecule has 28 heavy (non-hydrogen) atoms. The highest BCUT2D eigenvalue weighted by Crippen LogP contribution is 2.33. The molecule has 0 aliphatic rings. The molecule has 2 aromatic carbocycles. The van der Waals surface area contributed by atoms with Gasteiger partial charge in [-0.2, -0.15) is 30.8 Å². The van der Waals surface area contributed by atoms with E-state index in [1.165, 1.54) is 13.8 Å². The smallest absolute Gasteiger partial charge is 0.416 e. The average Bonchev–Trinajstić information content (AvgIpc) is 2.92. The van der Waals surface area contributed by atoms with Crippen molar-refractivity contribution in [2.24, 2.45) is 0 Å². The van der Waals surface area contributed by atoms with Crippen LogP contribution in [0.25, 0.3) is 0 Å². The number of halogens is 4. The van der Waals surface area contributed by atoms with Gasteiger partial charge in [-0.25, -0.2) is 0 Å². The Hall–Kier alpha value is -2.52. The van der Waals surface area contributed by atoms with E-state index in [2.05, 4.69) is 5.10 Å². The van der Waals surface area contributed by atoms with Gasteiger partial charge >= 0.3 is 6.18 Å². The molecule has 10 heteroatoms. The fourth-order valence-corrected chi connectivity index (χ4v) is 4.07. The average molecular weight is 431 g/mol. The predicted octanol–water partition coefficient (Wildman–Crippen LogP) is 5.20. The van der Waals surface area contributed by atoms with Crippen LogP contribution in [0.3, 0.4) is 0 Å². The fourth-order valence-electron chi connectivity index (χ4n) is 2.54. The number of ether oxygens (including phenoxy) is 1. The molecule has 0 aliphatic carbocycles. The molecule has 0 spiro atoms. The van der Waals surface area contributed by atoms with Crippen LogP contribution in [0.15, 0.2) is 53.4 Å². The lowest BCUT2D eigenvalue weighted by Crippen LogP contribution is -2.17. The minimum atomic E-state index is -4.66. The molecular weight excluding hydrogens is 417 g/mol. The fraction of sp³-hybridized carbons (Fsp3) is 0.167. The SMILES string of the molecule is Cc1nn(S(=O)(=O)c2cccc(C(F)(F)F)c2)c(C)c1Oc1ccc(Cl)cc1. The van der Waals surface area contributed by atoms with E-state index in [0.29, 0.717) is 20.9 Å². The van der Waals surface area contributed by atoms with E-state index < -0.39 is 26.7 Å². The molecule has 0 atom stereocenters. The summed E-state index contributed by atoms with van der Waals surface area (Å²) in [6, 6.07) is 9.89. The number of aromatic nitrogens is 2. The molecule has 0 saturated heterocycles. The minimum absolute atomic E-state index is 0.130. The number of hydrogen-bond acceptors (Lipinski definition) is 4. The maximum Gasteiger partial charge on any atom is 0.416 e. The molecule has 0 N–H and O–H groups in total.